The predicted molar refractivity (Wildman–Crippen MR) is 97.7 cm³/mol. The van der Waals surface area contributed by atoms with Gasteiger partial charge in [-0.3, -0.25) is 4.99 Å². The summed E-state index contributed by atoms with van der Waals surface area (Å²) in [5.74, 6) is 0.943. The lowest BCUT2D eigenvalue weighted by Gasteiger charge is -2.11. The lowest BCUT2D eigenvalue weighted by molar-refractivity contribution is -0.142. The lowest BCUT2D eigenvalue weighted by Crippen LogP contribution is -2.23. The van der Waals surface area contributed by atoms with Crippen LogP contribution < -0.4 is 9.47 Å². The van der Waals surface area contributed by atoms with Crippen LogP contribution in [0.4, 0.5) is 0 Å². The highest BCUT2D eigenvalue weighted by Crippen LogP contribution is 2.27. The van der Waals surface area contributed by atoms with E-state index in [-0.39, 0.29) is 5.97 Å². The second kappa shape index (κ2) is 9.47. The number of ether oxygens (including phenoxy) is 3. The molecule has 0 aliphatic rings. The summed E-state index contributed by atoms with van der Waals surface area (Å²) in [6.45, 7) is 2.45. The summed E-state index contributed by atoms with van der Waals surface area (Å²) < 4.78 is 15.7. The molecule has 0 fully saturated rings. The molecule has 132 valence electrons. The van der Waals surface area contributed by atoms with Crippen LogP contribution in [0.15, 0.2) is 53.5 Å². The van der Waals surface area contributed by atoms with Crippen molar-refractivity contribution < 1.29 is 19.0 Å². The van der Waals surface area contributed by atoms with Crippen LogP contribution in [0.5, 0.6) is 11.5 Å². The van der Waals surface area contributed by atoms with Gasteiger partial charge in [-0.05, 0) is 36.2 Å². The molecule has 2 rings (SSSR count). The molecular weight excluding hydrogens is 318 g/mol. The second-order valence-electron chi connectivity index (χ2n) is 5.35. The molecule has 0 saturated carbocycles. The first kappa shape index (κ1) is 18.5. The maximum atomic E-state index is 12.0. The quantitative estimate of drug-likeness (QED) is 0.546. The molecule has 0 spiro atoms. The fourth-order valence-electron chi connectivity index (χ4n) is 2.39. The molecule has 25 heavy (non-hydrogen) atoms. The fourth-order valence-corrected chi connectivity index (χ4v) is 2.39. The van der Waals surface area contributed by atoms with Crippen molar-refractivity contribution in [2.24, 2.45) is 4.99 Å². The highest BCUT2D eigenvalue weighted by molar-refractivity contribution is 5.85. The Balaban J connectivity index is 2.20. The lowest BCUT2D eigenvalue weighted by atomic mass is 10.1. The molecule has 0 heterocycles. The summed E-state index contributed by atoms with van der Waals surface area (Å²) >= 11 is 0. The maximum Gasteiger partial charge on any atom is 0.330 e. The van der Waals surface area contributed by atoms with Crippen molar-refractivity contribution >= 4 is 12.2 Å². The average Bonchev–Trinajstić information content (AvgIpc) is 2.65. The standard InChI is InChI=1S/C20H23NO4/c1-4-25-19-13-16(10-11-18(19)23-2)14-21-17(20(22)24-3)12-15-8-6-5-7-9-15/h5-11,13-14,17H,4,12H2,1-3H3/t17-/m0/s1. The molecule has 0 aliphatic carbocycles. The van der Waals surface area contributed by atoms with Crippen molar-refractivity contribution in [3.8, 4) is 11.5 Å². The average molecular weight is 341 g/mol. The van der Waals surface area contributed by atoms with E-state index < -0.39 is 6.04 Å². The molecule has 0 radical (unpaired) electrons. The number of esters is 1. The van der Waals surface area contributed by atoms with Gasteiger partial charge in [-0.2, -0.15) is 0 Å². The largest absolute Gasteiger partial charge is 0.493 e. The van der Waals surface area contributed by atoms with Gasteiger partial charge < -0.3 is 14.2 Å². The van der Waals surface area contributed by atoms with Gasteiger partial charge in [0.05, 0.1) is 20.8 Å². The molecule has 0 aromatic heterocycles. The third kappa shape index (κ3) is 5.35. The SMILES string of the molecule is CCOc1cc(C=N[C@@H](Cc2ccccc2)C(=O)OC)ccc1OC. The number of carbonyl (C=O) groups is 1. The Hall–Kier alpha value is -2.82. The van der Waals surface area contributed by atoms with Crippen molar-refractivity contribution in [3.05, 3.63) is 59.7 Å². The van der Waals surface area contributed by atoms with Crippen LogP contribution in [0.1, 0.15) is 18.1 Å². The van der Waals surface area contributed by atoms with Crippen molar-refractivity contribution in [3.63, 3.8) is 0 Å². The molecular formula is C20H23NO4. The summed E-state index contributed by atoms with van der Waals surface area (Å²) in [4.78, 5) is 16.4. The van der Waals surface area contributed by atoms with Crippen molar-refractivity contribution in [1.29, 1.82) is 0 Å². The van der Waals surface area contributed by atoms with E-state index in [4.69, 9.17) is 14.2 Å². The molecule has 0 bridgehead atoms. The summed E-state index contributed by atoms with van der Waals surface area (Å²) in [7, 11) is 2.97. The Morgan fingerprint density at radius 3 is 2.52 bits per heavy atom. The smallest absolute Gasteiger partial charge is 0.330 e. The molecule has 0 unspecified atom stereocenters. The summed E-state index contributed by atoms with van der Waals surface area (Å²) in [5, 5.41) is 0. The Bertz CT molecular complexity index is 713. The van der Waals surface area contributed by atoms with E-state index in [2.05, 4.69) is 4.99 Å². The summed E-state index contributed by atoms with van der Waals surface area (Å²) in [6.07, 6.45) is 2.14. The summed E-state index contributed by atoms with van der Waals surface area (Å²) in [6, 6.07) is 14.7. The van der Waals surface area contributed by atoms with E-state index in [0.717, 1.165) is 11.1 Å². The first-order valence-corrected chi connectivity index (χ1v) is 8.13. The van der Waals surface area contributed by atoms with Gasteiger partial charge in [0.15, 0.2) is 17.5 Å². The van der Waals surface area contributed by atoms with Gasteiger partial charge in [0.2, 0.25) is 0 Å². The first-order chi connectivity index (χ1) is 12.2. The topological polar surface area (TPSA) is 57.1 Å². The van der Waals surface area contributed by atoms with Gasteiger partial charge in [-0.15, -0.1) is 0 Å². The Kier molecular flexibility index (Phi) is 7.01. The van der Waals surface area contributed by atoms with Crippen molar-refractivity contribution in [2.75, 3.05) is 20.8 Å². The molecule has 0 N–H and O–H groups in total. The number of nitrogens with zero attached hydrogens (tertiary/aromatic N) is 1. The zero-order chi connectivity index (χ0) is 18.1. The monoisotopic (exact) mass is 341 g/mol. The van der Waals surface area contributed by atoms with Gasteiger partial charge in [0, 0.05) is 12.6 Å². The number of hydrogen-bond donors (Lipinski definition) is 0. The molecule has 5 heteroatoms. The molecule has 0 aliphatic heterocycles. The molecule has 5 nitrogen and oxygen atoms in total. The van der Waals surface area contributed by atoms with Crippen LogP contribution in [0, 0.1) is 0 Å². The fraction of sp³-hybridized carbons (Fsp3) is 0.300. The molecule has 2 aromatic carbocycles. The minimum Gasteiger partial charge on any atom is -0.493 e. The van der Waals surface area contributed by atoms with E-state index in [9.17, 15) is 4.79 Å². The molecule has 0 amide bonds. The van der Waals surface area contributed by atoms with E-state index >= 15 is 0 Å². The number of methoxy groups -OCH3 is 2. The Morgan fingerprint density at radius 1 is 1.12 bits per heavy atom. The molecule has 1 atom stereocenters. The minimum absolute atomic E-state index is 0.362. The first-order valence-electron chi connectivity index (χ1n) is 8.13. The molecule has 0 saturated heterocycles. The van der Waals surface area contributed by atoms with Crippen LogP contribution in [-0.2, 0) is 16.0 Å². The highest BCUT2D eigenvalue weighted by Gasteiger charge is 2.18. The van der Waals surface area contributed by atoms with Crippen LogP contribution in [-0.4, -0.2) is 39.1 Å². The van der Waals surface area contributed by atoms with E-state index in [1.807, 2.05) is 55.5 Å². The maximum absolute atomic E-state index is 12.0. The van der Waals surface area contributed by atoms with E-state index in [0.29, 0.717) is 24.5 Å². The van der Waals surface area contributed by atoms with Gasteiger partial charge in [-0.1, -0.05) is 30.3 Å². The third-order valence-corrected chi connectivity index (χ3v) is 3.64. The van der Waals surface area contributed by atoms with Crippen molar-refractivity contribution in [2.45, 2.75) is 19.4 Å². The Morgan fingerprint density at radius 2 is 1.88 bits per heavy atom. The zero-order valence-electron chi connectivity index (χ0n) is 14.8. The Labute approximate surface area is 148 Å². The predicted octanol–water partition coefficient (Wildman–Crippen LogP) is 3.30. The van der Waals surface area contributed by atoms with Gasteiger partial charge in [0.1, 0.15) is 0 Å². The minimum atomic E-state index is -0.593. The van der Waals surface area contributed by atoms with E-state index in [1.165, 1.54) is 7.11 Å². The van der Waals surface area contributed by atoms with E-state index in [1.54, 1.807) is 13.3 Å². The number of benzene rings is 2. The van der Waals surface area contributed by atoms with Gasteiger partial charge in [0.25, 0.3) is 0 Å². The highest BCUT2D eigenvalue weighted by atomic mass is 16.5. The normalized spacial score (nSPS) is 12.0. The number of hydrogen-bond acceptors (Lipinski definition) is 5. The van der Waals surface area contributed by atoms with Crippen LogP contribution in [0.3, 0.4) is 0 Å². The number of carbonyl (C=O) groups excluding carboxylic acids is 1. The number of rotatable bonds is 8. The van der Waals surface area contributed by atoms with Gasteiger partial charge >= 0.3 is 5.97 Å². The zero-order valence-corrected chi connectivity index (χ0v) is 14.8. The van der Waals surface area contributed by atoms with Crippen LogP contribution in [0.25, 0.3) is 0 Å². The van der Waals surface area contributed by atoms with Crippen LogP contribution >= 0.6 is 0 Å². The van der Waals surface area contributed by atoms with Gasteiger partial charge in [-0.25, -0.2) is 4.79 Å². The molecule has 2 aromatic rings. The number of aliphatic imine (C=N–C) groups is 1. The van der Waals surface area contributed by atoms with Crippen LogP contribution in [0.2, 0.25) is 0 Å². The van der Waals surface area contributed by atoms with Crippen molar-refractivity contribution in [1.82, 2.24) is 0 Å². The summed E-state index contributed by atoms with van der Waals surface area (Å²) in [5.41, 5.74) is 1.85. The third-order valence-electron chi connectivity index (χ3n) is 3.64. The second-order valence-corrected chi connectivity index (χ2v) is 5.35.